The highest BCUT2D eigenvalue weighted by Gasteiger charge is 2.23. The van der Waals surface area contributed by atoms with Gasteiger partial charge in [-0.1, -0.05) is 50.2 Å². The summed E-state index contributed by atoms with van der Waals surface area (Å²) in [6, 6.07) is 15.6. The molecule has 150 valence electrons. The first-order valence-corrected chi connectivity index (χ1v) is 9.43. The Morgan fingerprint density at radius 3 is 2.28 bits per heavy atom. The summed E-state index contributed by atoms with van der Waals surface area (Å²) in [4.78, 5) is 37.8. The van der Waals surface area contributed by atoms with Crippen molar-refractivity contribution < 1.29 is 14.3 Å². The number of hydrogen-bond acceptors (Lipinski definition) is 5. The maximum Gasteiger partial charge on any atom is 0.360 e. The lowest BCUT2D eigenvalue weighted by molar-refractivity contribution is -0.123. The van der Waals surface area contributed by atoms with E-state index in [1.165, 1.54) is 11.6 Å². The highest BCUT2D eigenvalue weighted by atomic mass is 16.5. The summed E-state index contributed by atoms with van der Waals surface area (Å²) in [6.07, 6.45) is -1.03. The summed E-state index contributed by atoms with van der Waals surface area (Å²) >= 11 is 0. The second-order valence-corrected chi connectivity index (χ2v) is 7.18. The molecule has 1 N–H and O–H groups in total. The third-order valence-electron chi connectivity index (χ3n) is 4.29. The summed E-state index contributed by atoms with van der Waals surface area (Å²) in [7, 11) is 0. The SMILES string of the molecule is CC(C)Cn1nc(C(=O)OC(C)C(=O)Nc2ccccc2)c2ccccc2c1=O. The molecule has 3 aromatic rings. The lowest BCUT2D eigenvalue weighted by Crippen LogP contribution is -2.32. The Balaban J connectivity index is 1.87. The molecule has 1 atom stereocenters. The van der Waals surface area contributed by atoms with Gasteiger partial charge in [0.05, 0.1) is 5.39 Å². The Morgan fingerprint density at radius 1 is 1.00 bits per heavy atom. The molecule has 7 heteroatoms. The standard InChI is InChI=1S/C22H23N3O4/c1-14(2)13-25-21(27)18-12-8-7-11-17(18)19(24-25)22(28)29-15(3)20(26)23-16-9-5-4-6-10-16/h4-12,14-15H,13H2,1-3H3,(H,23,26). The van der Waals surface area contributed by atoms with Gasteiger partial charge in [-0.25, -0.2) is 9.48 Å². The Hall–Kier alpha value is -3.48. The minimum atomic E-state index is -1.03. The van der Waals surface area contributed by atoms with Crippen LogP contribution in [0.2, 0.25) is 0 Å². The minimum absolute atomic E-state index is 0.0141. The van der Waals surface area contributed by atoms with Crippen LogP contribution in [0.4, 0.5) is 5.69 Å². The zero-order valence-corrected chi connectivity index (χ0v) is 16.6. The van der Waals surface area contributed by atoms with E-state index in [4.69, 9.17) is 4.74 Å². The van der Waals surface area contributed by atoms with Gasteiger partial charge < -0.3 is 10.1 Å². The van der Waals surface area contributed by atoms with Gasteiger partial charge in [0.2, 0.25) is 0 Å². The number of ether oxygens (including phenoxy) is 1. The molecule has 0 fully saturated rings. The molecule has 1 aromatic heterocycles. The summed E-state index contributed by atoms with van der Waals surface area (Å²) in [5.41, 5.74) is 0.357. The summed E-state index contributed by atoms with van der Waals surface area (Å²) in [5.74, 6) is -1.04. The number of anilines is 1. The van der Waals surface area contributed by atoms with Crippen LogP contribution in [0, 0.1) is 5.92 Å². The molecule has 0 radical (unpaired) electrons. The van der Waals surface area contributed by atoms with E-state index in [1.54, 1.807) is 48.5 Å². The zero-order valence-electron chi connectivity index (χ0n) is 16.6. The average molecular weight is 393 g/mol. The number of hydrogen-bond donors (Lipinski definition) is 1. The van der Waals surface area contributed by atoms with Crippen LogP contribution < -0.4 is 10.9 Å². The molecule has 7 nitrogen and oxygen atoms in total. The van der Waals surface area contributed by atoms with Crippen LogP contribution in [-0.4, -0.2) is 27.8 Å². The predicted octanol–water partition coefficient (Wildman–Crippen LogP) is 3.24. The van der Waals surface area contributed by atoms with Gasteiger partial charge in [-0.3, -0.25) is 9.59 Å². The van der Waals surface area contributed by atoms with Crippen molar-refractivity contribution >= 4 is 28.3 Å². The molecule has 0 saturated carbocycles. The van der Waals surface area contributed by atoms with E-state index in [0.29, 0.717) is 23.0 Å². The molecule has 29 heavy (non-hydrogen) atoms. The van der Waals surface area contributed by atoms with E-state index in [-0.39, 0.29) is 17.2 Å². The molecule has 2 aromatic carbocycles. The second-order valence-electron chi connectivity index (χ2n) is 7.18. The molecule has 1 heterocycles. The van der Waals surface area contributed by atoms with Crippen molar-refractivity contribution in [1.29, 1.82) is 0 Å². The van der Waals surface area contributed by atoms with Gasteiger partial charge >= 0.3 is 5.97 Å². The van der Waals surface area contributed by atoms with Crippen LogP contribution in [0.5, 0.6) is 0 Å². The molecule has 0 aliphatic carbocycles. The van der Waals surface area contributed by atoms with Gasteiger partial charge in [-0.15, -0.1) is 0 Å². The summed E-state index contributed by atoms with van der Waals surface area (Å²) in [5, 5.41) is 7.71. The first kappa shape index (κ1) is 20.3. The number of nitrogens with one attached hydrogen (secondary N) is 1. The van der Waals surface area contributed by atoms with Crippen LogP contribution in [-0.2, 0) is 16.1 Å². The highest BCUT2D eigenvalue weighted by molar-refractivity contribution is 6.03. The molecule has 0 aliphatic rings. The Morgan fingerprint density at radius 2 is 1.62 bits per heavy atom. The largest absolute Gasteiger partial charge is 0.448 e. The number of esters is 1. The van der Waals surface area contributed by atoms with Crippen molar-refractivity contribution in [3.05, 3.63) is 70.6 Å². The van der Waals surface area contributed by atoms with Crippen molar-refractivity contribution in [2.45, 2.75) is 33.4 Å². The molecule has 0 bridgehead atoms. The van der Waals surface area contributed by atoms with Crippen LogP contribution in [0.15, 0.2) is 59.4 Å². The van der Waals surface area contributed by atoms with Crippen LogP contribution in [0.25, 0.3) is 10.8 Å². The van der Waals surface area contributed by atoms with Gasteiger partial charge in [0.1, 0.15) is 0 Å². The maximum absolute atomic E-state index is 12.8. The molecule has 3 rings (SSSR count). The maximum atomic E-state index is 12.8. The van der Waals surface area contributed by atoms with Crippen LogP contribution in [0.1, 0.15) is 31.3 Å². The van der Waals surface area contributed by atoms with Gasteiger partial charge in [0.15, 0.2) is 11.8 Å². The molecular formula is C22H23N3O4. The number of benzene rings is 2. The summed E-state index contributed by atoms with van der Waals surface area (Å²) in [6.45, 7) is 5.77. The summed E-state index contributed by atoms with van der Waals surface area (Å²) < 4.78 is 6.63. The van der Waals surface area contributed by atoms with E-state index in [0.717, 1.165) is 0 Å². The molecule has 0 saturated heterocycles. The number of carbonyl (C=O) groups excluding carboxylic acids is 2. The lowest BCUT2D eigenvalue weighted by Gasteiger charge is -2.15. The van der Waals surface area contributed by atoms with E-state index in [9.17, 15) is 14.4 Å². The van der Waals surface area contributed by atoms with Crippen LogP contribution >= 0.6 is 0 Å². The molecular weight excluding hydrogens is 370 g/mol. The smallest absolute Gasteiger partial charge is 0.360 e. The Kier molecular flexibility index (Phi) is 6.07. The van der Waals surface area contributed by atoms with Crippen molar-refractivity contribution in [2.75, 3.05) is 5.32 Å². The first-order chi connectivity index (χ1) is 13.9. The molecule has 0 aliphatic heterocycles. The van der Waals surface area contributed by atoms with Gasteiger partial charge in [-0.2, -0.15) is 5.10 Å². The van der Waals surface area contributed by atoms with Crippen molar-refractivity contribution in [2.24, 2.45) is 5.92 Å². The molecule has 1 amide bonds. The Bertz CT molecular complexity index is 1090. The normalized spacial score (nSPS) is 12.0. The van der Waals surface area contributed by atoms with Crippen molar-refractivity contribution in [3.63, 3.8) is 0 Å². The molecule has 0 spiro atoms. The van der Waals surface area contributed by atoms with E-state index in [1.807, 2.05) is 19.9 Å². The van der Waals surface area contributed by atoms with Gasteiger partial charge in [0, 0.05) is 17.6 Å². The number of nitrogens with zero attached hydrogens (tertiary/aromatic N) is 2. The number of aromatic nitrogens is 2. The average Bonchev–Trinajstić information content (AvgIpc) is 2.70. The van der Waals surface area contributed by atoms with Crippen molar-refractivity contribution in [1.82, 2.24) is 9.78 Å². The van der Waals surface area contributed by atoms with Crippen LogP contribution in [0.3, 0.4) is 0 Å². The Labute approximate surface area is 168 Å². The third-order valence-corrected chi connectivity index (χ3v) is 4.29. The number of rotatable bonds is 6. The number of para-hydroxylation sites is 1. The van der Waals surface area contributed by atoms with E-state index in [2.05, 4.69) is 10.4 Å². The van der Waals surface area contributed by atoms with E-state index >= 15 is 0 Å². The highest BCUT2D eigenvalue weighted by Crippen LogP contribution is 2.16. The topological polar surface area (TPSA) is 90.3 Å². The number of fused-ring (bicyclic) bond motifs is 1. The quantitative estimate of drug-likeness (QED) is 0.650. The second kappa shape index (κ2) is 8.68. The number of amides is 1. The third kappa shape index (κ3) is 4.68. The fourth-order valence-corrected chi connectivity index (χ4v) is 2.89. The first-order valence-electron chi connectivity index (χ1n) is 9.43. The van der Waals surface area contributed by atoms with Gasteiger partial charge in [-0.05, 0) is 31.0 Å². The minimum Gasteiger partial charge on any atom is -0.448 e. The fourth-order valence-electron chi connectivity index (χ4n) is 2.89. The predicted molar refractivity (Wildman–Crippen MR) is 111 cm³/mol. The zero-order chi connectivity index (χ0) is 21.0. The fraction of sp³-hybridized carbons (Fsp3) is 0.273. The van der Waals surface area contributed by atoms with Crippen molar-refractivity contribution in [3.8, 4) is 0 Å². The number of carbonyl (C=O) groups is 2. The lowest BCUT2D eigenvalue weighted by atomic mass is 10.1. The monoisotopic (exact) mass is 393 g/mol. The van der Waals surface area contributed by atoms with Gasteiger partial charge in [0.25, 0.3) is 11.5 Å². The van der Waals surface area contributed by atoms with E-state index < -0.39 is 18.0 Å². The molecule has 1 unspecified atom stereocenters.